The van der Waals surface area contributed by atoms with Crippen molar-refractivity contribution in [3.63, 3.8) is 0 Å². The van der Waals surface area contributed by atoms with Gasteiger partial charge in [-0.15, -0.1) is 0 Å². The summed E-state index contributed by atoms with van der Waals surface area (Å²) in [6.45, 7) is 3.03. The molecule has 0 bridgehead atoms. The second-order valence-corrected chi connectivity index (χ2v) is 4.29. The van der Waals surface area contributed by atoms with Gasteiger partial charge >= 0.3 is 0 Å². The third kappa shape index (κ3) is 1.87. The van der Waals surface area contributed by atoms with Gasteiger partial charge in [0.05, 0.1) is 16.7 Å². The van der Waals surface area contributed by atoms with Crippen LogP contribution in [-0.4, -0.2) is 29.2 Å². The van der Waals surface area contributed by atoms with Crippen LogP contribution in [0, 0.1) is 6.92 Å². The van der Waals surface area contributed by atoms with E-state index in [9.17, 15) is 4.39 Å². The highest BCUT2D eigenvalue weighted by Crippen LogP contribution is 2.20. The zero-order chi connectivity index (χ0) is 10.1. The fourth-order valence-electron chi connectivity index (χ4n) is 1.49. The Morgan fingerprint density at radius 3 is 3.00 bits per heavy atom. The number of hydrogen-bond donors (Lipinski definition) is 0. The van der Waals surface area contributed by atoms with Gasteiger partial charge in [-0.3, -0.25) is 0 Å². The van der Waals surface area contributed by atoms with Gasteiger partial charge in [-0.2, -0.15) is 0 Å². The van der Waals surface area contributed by atoms with E-state index in [1.165, 1.54) is 0 Å². The molecule has 1 aliphatic rings. The van der Waals surface area contributed by atoms with Gasteiger partial charge in [0.25, 0.3) is 0 Å². The maximum absolute atomic E-state index is 12.9. The maximum Gasteiger partial charge on any atom is 0.225 e. The Hall–Kier alpha value is -0.710. The summed E-state index contributed by atoms with van der Waals surface area (Å²) in [5.74, 6) is 0.630. The molecule has 0 radical (unpaired) electrons. The van der Waals surface area contributed by atoms with Crippen LogP contribution in [0.5, 0.6) is 0 Å². The molecule has 0 unspecified atom stereocenters. The largest absolute Gasteiger partial charge is 0.338 e. The van der Waals surface area contributed by atoms with E-state index in [4.69, 9.17) is 0 Å². The predicted octanol–water partition coefficient (Wildman–Crippen LogP) is 2.10. The van der Waals surface area contributed by atoms with Crippen LogP contribution in [0.15, 0.2) is 10.7 Å². The molecule has 3 nitrogen and oxygen atoms in total. The molecule has 1 saturated heterocycles. The van der Waals surface area contributed by atoms with Gasteiger partial charge in [-0.25, -0.2) is 14.4 Å². The van der Waals surface area contributed by atoms with Gasteiger partial charge in [0, 0.05) is 12.7 Å². The highest BCUT2D eigenvalue weighted by Gasteiger charge is 2.23. The number of halogens is 2. The molecule has 14 heavy (non-hydrogen) atoms. The molecule has 0 N–H and O–H groups in total. The van der Waals surface area contributed by atoms with Gasteiger partial charge in [-0.05, 0) is 29.3 Å². The highest BCUT2D eigenvalue weighted by molar-refractivity contribution is 9.10. The lowest BCUT2D eigenvalue weighted by molar-refractivity contribution is 0.364. The standard InChI is InChI=1S/C9H11BrFN3/c1-6-8(10)4-12-9(13-6)14-3-2-7(11)5-14/h4,7H,2-3,5H2,1H3/t7-/m0/s1. The summed E-state index contributed by atoms with van der Waals surface area (Å²) in [5.41, 5.74) is 0.886. The fourth-order valence-corrected chi connectivity index (χ4v) is 1.68. The Kier molecular flexibility index (Phi) is 2.67. The topological polar surface area (TPSA) is 29.0 Å². The molecule has 2 rings (SSSR count). The van der Waals surface area contributed by atoms with Gasteiger partial charge in [0.2, 0.25) is 5.95 Å². The maximum atomic E-state index is 12.9. The summed E-state index contributed by atoms with van der Waals surface area (Å²) in [4.78, 5) is 10.3. The molecule has 1 aliphatic heterocycles. The van der Waals surface area contributed by atoms with Crippen molar-refractivity contribution in [1.82, 2.24) is 9.97 Å². The number of aryl methyl sites for hydroxylation is 1. The Morgan fingerprint density at radius 1 is 1.64 bits per heavy atom. The van der Waals surface area contributed by atoms with Crippen molar-refractivity contribution in [3.8, 4) is 0 Å². The van der Waals surface area contributed by atoms with E-state index in [0.29, 0.717) is 25.5 Å². The van der Waals surface area contributed by atoms with E-state index in [1.54, 1.807) is 6.20 Å². The van der Waals surface area contributed by atoms with Gasteiger partial charge in [0.1, 0.15) is 6.17 Å². The molecule has 2 heterocycles. The van der Waals surface area contributed by atoms with Crippen LogP contribution in [0.2, 0.25) is 0 Å². The number of aromatic nitrogens is 2. The average molecular weight is 260 g/mol. The summed E-state index contributed by atoms with van der Waals surface area (Å²) in [6, 6.07) is 0. The van der Waals surface area contributed by atoms with Crippen molar-refractivity contribution in [2.45, 2.75) is 19.5 Å². The first-order chi connectivity index (χ1) is 6.66. The number of alkyl halides is 1. The summed E-state index contributed by atoms with van der Waals surface area (Å²) < 4.78 is 13.8. The Morgan fingerprint density at radius 2 is 2.43 bits per heavy atom. The van der Waals surface area contributed by atoms with Crippen LogP contribution in [0.1, 0.15) is 12.1 Å². The molecule has 1 atom stereocenters. The lowest BCUT2D eigenvalue weighted by Crippen LogP contribution is -2.22. The van der Waals surface area contributed by atoms with Crippen LogP contribution in [-0.2, 0) is 0 Å². The van der Waals surface area contributed by atoms with Gasteiger partial charge in [-0.1, -0.05) is 0 Å². The SMILES string of the molecule is Cc1nc(N2CC[C@H](F)C2)ncc1Br. The summed E-state index contributed by atoms with van der Waals surface area (Å²) >= 11 is 3.33. The van der Waals surface area contributed by atoms with Gasteiger partial charge in [0.15, 0.2) is 0 Å². The highest BCUT2D eigenvalue weighted by atomic mass is 79.9. The van der Waals surface area contributed by atoms with Crippen molar-refractivity contribution < 1.29 is 4.39 Å². The summed E-state index contributed by atoms with van der Waals surface area (Å²) in [7, 11) is 0. The molecule has 1 fully saturated rings. The van der Waals surface area contributed by atoms with Crippen LogP contribution in [0.3, 0.4) is 0 Å². The monoisotopic (exact) mass is 259 g/mol. The van der Waals surface area contributed by atoms with Gasteiger partial charge < -0.3 is 4.90 Å². The van der Waals surface area contributed by atoms with Crippen molar-refractivity contribution >= 4 is 21.9 Å². The predicted molar refractivity (Wildman–Crippen MR) is 56.2 cm³/mol. The molecular formula is C9H11BrFN3. The quantitative estimate of drug-likeness (QED) is 0.774. The Balaban J connectivity index is 2.20. The lowest BCUT2D eigenvalue weighted by atomic mass is 10.3. The second kappa shape index (κ2) is 3.81. The van der Waals surface area contributed by atoms with E-state index in [-0.39, 0.29) is 0 Å². The van der Waals surface area contributed by atoms with E-state index < -0.39 is 6.17 Å². The first-order valence-electron chi connectivity index (χ1n) is 4.55. The van der Waals surface area contributed by atoms with Crippen molar-refractivity contribution in [2.75, 3.05) is 18.0 Å². The normalized spacial score (nSPS) is 21.6. The first kappa shape index (κ1) is 9.83. The minimum absolute atomic E-state index is 0.418. The smallest absolute Gasteiger partial charge is 0.225 e. The third-order valence-corrected chi connectivity index (χ3v) is 3.10. The number of anilines is 1. The second-order valence-electron chi connectivity index (χ2n) is 3.44. The molecule has 5 heteroatoms. The Labute approximate surface area is 90.5 Å². The number of hydrogen-bond acceptors (Lipinski definition) is 3. The number of rotatable bonds is 1. The molecule has 0 aromatic carbocycles. The van der Waals surface area contributed by atoms with E-state index >= 15 is 0 Å². The van der Waals surface area contributed by atoms with Crippen LogP contribution in [0.25, 0.3) is 0 Å². The third-order valence-electron chi connectivity index (χ3n) is 2.32. The summed E-state index contributed by atoms with van der Waals surface area (Å²) in [5, 5.41) is 0. The molecular weight excluding hydrogens is 249 g/mol. The van der Waals surface area contributed by atoms with Crippen molar-refractivity contribution in [1.29, 1.82) is 0 Å². The first-order valence-corrected chi connectivity index (χ1v) is 5.34. The molecule has 76 valence electrons. The minimum Gasteiger partial charge on any atom is -0.338 e. The van der Waals surface area contributed by atoms with Crippen molar-refractivity contribution in [2.24, 2.45) is 0 Å². The molecule has 0 saturated carbocycles. The Bertz CT molecular complexity index is 345. The van der Waals surface area contributed by atoms with E-state index in [2.05, 4.69) is 25.9 Å². The molecule has 0 spiro atoms. The molecule has 1 aromatic rings. The molecule has 1 aromatic heterocycles. The zero-order valence-electron chi connectivity index (χ0n) is 7.87. The zero-order valence-corrected chi connectivity index (χ0v) is 9.46. The molecule has 0 amide bonds. The number of nitrogens with zero attached hydrogens (tertiary/aromatic N) is 3. The average Bonchev–Trinajstić information content (AvgIpc) is 2.57. The van der Waals surface area contributed by atoms with E-state index in [1.807, 2.05) is 11.8 Å². The molecule has 0 aliphatic carbocycles. The van der Waals surface area contributed by atoms with Crippen LogP contribution in [0.4, 0.5) is 10.3 Å². The fraction of sp³-hybridized carbons (Fsp3) is 0.556. The lowest BCUT2D eigenvalue weighted by Gasteiger charge is -2.15. The van der Waals surface area contributed by atoms with E-state index in [0.717, 1.165) is 10.2 Å². The summed E-state index contributed by atoms with van der Waals surface area (Å²) in [6.07, 6.45) is 1.56. The van der Waals surface area contributed by atoms with Crippen LogP contribution < -0.4 is 4.90 Å². The van der Waals surface area contributed by atoms with Crippen molar-refractivity contribution in [3.05, 3.63) is 16.4 Å². The minimum atomic E-state index is -0.734. The van der Waals surface area contributed by atoms with Crippen LogP contribution >= 0.6 is 15.9 Å².